The lowest BCUT2D eigenvalue weighted by Gasteiger charge is -2.08. The molecule has 6 nitrogen and oxygen atoms in total. The molecule has 1 heterocycles. The number of aromatic nitrogens is 1. The van der Waals surface area contributed by atoms with Crippen molar-refractivity contribution in [1.82, 2.24) is 5.16 Å². The minimum Gasteiger partial charge on any atom is -0.494 e. The Morgan fingerprint density at radius 1 is 1.00 bits per heavy atom. The number of nitrogens with zero attached hydrogens (tertiary/aromatic N) is 1. The van der Waals surface area contributed by atoms with E-state index in [9.17, 15) is 4.79 Å². The standard InChI is InChI=1S/C25H30N2O4/c1-4-7-11-22-23(19-9-8-10-21(17-19)29-6-3)31-27-24(22)26-25(28)18-12-14-20(15-13-18)30-16-5-2/h8-10,12-15,17H,4-7,11,16H2,1-3H3,(H,26,27,28). The first-order valence-corrected chi connectivity index (χ1v) is 10.9. The van der Waals surface area contributed by atoms with Crippen LogP contribution in [0.4, 0.5) is 5.82 Å². The molecule has 1 aromatic heterocycles. The van der Waals surface area contributed by atoms with Crippen molar-refractivity contribution >= 4 is 11.7 Å². The second kappa shape index (κ2) is 11.2. The fraction of sp³-hybridized carbons (Fsp3) is 0.360. The summed E-state index contributed by atoms with van der Waals surface area (Å²) in [7, 11) is 0. The highest BCUT2D eigenvalue weighted by molar-refractivity contribution is 6.04. The van der Waals surface area contributed by atoms with E-state index in [1.54, 1.807) is 24.3 Å². The van der Waals surface area contributed by atoms with Gasteiger partial charge >= 0.3 is 0 Å². The first-order valence-electron chi connectivity index (χ1n) is 10.9. The number of hydrogen-bond acceptors (Lipinski definition) is 5. The van der Waals surface area contributed by atoms with Crippen LogP contribution in [0, 0.1) is 0 Å². The van der Waals surface area contributed by atoms with Crippen LogP contribution in [0.3, 0.4) is 0 Å². The van der Waals surface area contributed by atoms with Gasteiger partial charge in [0.25, 0.3) is 5.91 Å². The molecule has 164 valence electrons. The summed E-state index contributed by atoms with van der Waals surface area (Å²) >= 11 is 0. The number of unbranched alkanes of at least 4 members (excludes halogenated alkanes) is 1. The molecule has 31 heavy (non-hydrogen) atoms. The van der Waals surface area contributed by atoms with Crippen molar-refractivity contribution in [2.75, 3.05) is 18.5 Å². The van der Waals surface area contributed by atoms with E-state index in [-0.39, 0.29) is 5.91 Å². The summed E-state index contributed by atoms with van der Waals surface area (Å²) < 4.78 is 16.9. The van der Waals surface area contributed by atoms with Crippen LogP contribution in [0.5, 0.6) is 11.5 Å². The lowest BCUT2D eigenvalue weighted by atomic mass is 10.0. The average molecular weight is 423 g/mol. The van der Waals surface area contributed by atoms with Gasteiger partial charge in [0.2, 0.25) is 0 Å². The lowest BCUT2D eigenvalue weighted by molar-refractivity contribution is 0.102. The Bertz CT molecular complexity index is 979. The molecule has 0 aliphatic rings. The molecule has 0 saturated heterocycles. The summed E-state index contributed by atoms with van der Waals surface area (Å²) in [4.78, 5) is 12.8. The maximum absolute atomic E-state index is 12.8. The number of ether oxygens (including phenoxy) is 2. The van der Waals surface area contributed by atoms with Crippen molar-refractivity contribution in [1.29, 1.82) is 0 Å². The lowest BCUT2D eigenvalue weighted by Crippen LogP contribution is -2.13. The summed E-state index contributed by atoms with van der Waals surface area (Å²) in [6.07, 6.45) is 3.68. The molecule has 0 spiro atoms. The van der Waals surface area contributed by atoms with Gasteiger partial charge in [0, 0.05) is 16.7 Å². The largest absolute Gasteiger partial charge is 0.494 e. The Labute approximate surface area is 183 Å². The predicted octanol–water partition coefficient (Wildman–Crippen LogP) is 6.12. The van der Waals surface area contributed by atoms with Crippen molar-refractivity contribution < 1.29 is 18.8 Å². The summed E-state index contributed by atoms with van der Waals surface area (Å²) in [6.45, 7) is 7.37. The van der Waals surface area contributed by atoms with Crippen molar-refractivity contribution in [2.45, 2.75) is 46.5 Å². The van der Waals surface area contributed by atoms with Crippen molar-refractivity contribution in [2.24, 2.45) is 0 Å². The number of rotatable bonds is 11. The molecule has 1 N–H and O–H groups in total. The molecule has 0 atom stereocenters. The maximum atomic E-state index is 12.8. The average Bonchev–Trinajstić information content (AvgIpc) is 3.19. The third-order valence-electron chi connectivity index (χ3n) is 4.80. The van der Waals surface area contributed by atoms with Crippen LogP contribution in [0.15, 0.2) is 53.1 Å². The minimum atomic E-state index is -0.234. The third-order valence-corrected chi connectivity index (χ3v) is 4.80. The van der Waals surface area contributed by atoms with Crippen LogP contribution in [0.25, 0.3) is 11.3 Å². The van der Waals surface area contributed by atoms with Gasteiger partial charge in [-0.05, 0) is 62.6 Å². The van der Waals surface area contributed by atoms with E-state index in [4.69, 9.17) is 14.0 Å². The number of hydrogen-bond donors (Lipinski definition) is 1. The van der Waals surface area contributed by atoms with E-state index in [2.05, 4.69) is 24.3 Å². The molecular weight excluding hydrogens is 392 g/mol. The molecule has 0 fully saturated rings. The van der Waals surface area contributed by atoms with E-state index in [1.165, 1.54) is 0 Å². The zero-order chi connectivity index (χ0) is 22.1. The molecule has 3 aromatic rings. The second-order valence-corrected chi connectivity index (χ2v) is 7.23. The van der Waals surface area contributed by atoms with E-state index < -0.39 is 0 Å². The quantitative estimate of drug-likeness (QED) is 0.403. The normalized spacial score (nSPS) is 10.7. The molecule has 0 radical (unpaired) electrons. The van der Waals surface area contributed by atoms with Gasteiger partial charge in [-0.1, -0.05) is 37.6 Å². The number of nitrogens with one attached hydrogen (secondary N) is 1. The van der Waals surface area contributed by atoms with E-state index in [0.29, 0.717) is 30.4 Å². The molecule has 0 bridgehead atoms. The van der Waals surface area contributed by atoms with Gasteiger partial charge in [0.05, 0.1) is 13.2 Å². The van der Waals surface area contributed by atoms with Crippen molar-refractivity contribution in [3.05, 3.63) is 59.7 Å². The van der Waals surface area contributed by atoms with Gasteiger partial charge in [-0.15, -0.1) is 0 Å². The van der Waals surface area contributed by atoms with Crippen molar-refractivity contribution in [3.63, 3.8) is 0 Å². The highest BCUT2D eigenvalue weighted by atomic mass is 16.5. The van der Waals surface area contributed by atoms with Gasteiger partial charge < -0.3 is 19.3 Å². The van der Waals surface area contributed by atoms with E-state index >= 15 is 0 Å². The van der Waals surface area contributed by atoms with Crippen LogP contribution in [-0.4, -0.2) is 24.3 Å². The zero-order valence-corrected chi connectivity index (χ0v) is 18.4. The molecule has 2 aromatic carbocycles. The number of carbonyl (C=O) groups is 1. The molecule has 1 amide bonds. The number of carbonyl (C=O) groups excluding carboxylic acids is 1. The predicted molar refractivity (Wildman–Crippen MR) is 122 cm³/mol. The Morgan fingerprint density at radius 3 is 2.52 bits per heavy atom. The van der Waals surface area contributed by atoms with Crippen LogP contribution < -0.4 is 14.8 Å². The smallest absolute Gasteiger partial charge is 0.256 e. The molecule has 0 unspecified atom stereocenters. The summed E-state index contributed by atoms with van der Waals surface area (Å²) in [5, 5.41) is 7.08. The highest BCUT2D eigenvalue weighted by Gasteiger charge is 2.20. The molecule has 6 heteroatoms. The Kier molecular flexibility index (Phi) is 8.10. The summed E-state index contributed by atoms with van der Waals surface area (Å²) in [5.41, 5.74) is 2.31. The first kappa shape index (κ1) is 22.4. The first-order chi connectivity index (χ1) is 15.2. The minimum absolute atomic E-state index is 0.234. The Balaban J connectivity index is 1.82. The summed E-state index contributed by atoms with van der Waals surface area (Å²) in [5.74, 6) is 2.41. The van der Waals surface area contributed by atoms with Gasteiger partial charge in [-0.25, -0.2) is 0 Å². The number of benzene rings is 2. The maximum Gasteiger partial charge on any atom is 0.256 e. The van der Waals surface area contributed by atoms with Gasteiger partial charge in [0.15, 0.2) is 11.6 Å². The van der Waals surface area contributed by atoms with Crippen LogP contribution in [0.2, 0.25) is 0 Å². The Morgan fingerprint density at radius 2 is 1.81 bits per heavy atom. The summed E-state index contributed by atoms with van der Waals surface area (Å²) in [6, 6.07) is 14.8. The molecule has 0 saturated carbocycles. The monoisotopic (exact) mass is 422 g/mol. The Hall–Kier alpha value is -3.28. The highest BCUT2D eigenvalue weighted by Crippen LogP contribution is 2.33. The number of anilines is 1. The van der Waals surface area contributed by atoms with Gasteiger partial charge in [-0.2, -0.15) is 0 Å². The van der Waals surface area contributed by atoms with E-state index in [0.717, 1.165) is 48.3 Å². The fourth-order valence-electron chi connectivity index (χ4n) is 3.22. The topological polar surface area (TPSA) is 73.6 Å². The molecular formula is C25H30N2O4. The molecule has 3 rings (SSSR count). The molecule has 0 aliphatic heterocycles. The molecule has 0 aliphatic carbocycles. The second-order valence-electron chi connectivity index (χ2n) is 7.23. The van der Waals surface area contributed by atoms with E-state index in [1.807, 2.05) is 31.2 Å². The third kappa shape index (κ3) is 5.87. The van der Waals surface area contributed by atoms with Crippen LogP contribution in [-0.2, 0) is 6.42 Å². The SMILES string of the molecule is CCCCc1c(NC(=O)c2ccc(OCCC)cc2)noc1-c1cccc(OCC)c1. The number of amides is 1. The van der Waals surface area contributed by atoms with Gasteiger partial charge in [0.1, 0.15) is 11.5 Å². The van der Waals surface area contributed by atoms with Crippen molar-refractivity contribution in [3.8, 4) is 22.8 Å². The van der Waals surface area contributed by atoms with Crippen LogP contribution in [0.1, 0.15) is 56.0 Å². The fourth-order valence-corrected chi connectivity index (χ4v) is 3.22. The zero-order valence-electron chi connectivity index (χ0n) is 18.4. The van der Waals surface area contributed by atoms with Crippen LogP contribution >= 0.6 is 0 Å². The van der Waals surface area contributed by atoms with Gasteiger partial charge in [-0.3, -0.25) is 4.79 Å².